The molecule has 0 spiro atoms. The van der Waals surface area contributed by atoms with Crippen molar-refractivity contribution in [3.8, 4) is 0 Å². The molecule has 0 aliphatic carbocycles. The monoisotopic (exact) mass is 254 g/mol. The van der Waals surface area contributed by atoms with Crippen molar-refractivity contribution in [2.45, 2.75) is 13.5 Å². The summed E-state index contributed by atoms with van der Waals surface area (Å²) < 4.78 is 2.19. The quantitative estimate of drug-likeness (QED) is 0.750. The number of nitrogens with one attached hydrogen (secondary N) is 1. The minimum absolute atomic E-state index is 0.152. The maximum absolute atomic E-state index is 9.29. The summed E-state index contributed by atoms with van der Waals surface area (Å²) >= 11 is 0. The van der Waals surface area contributed by atoms with Crippen LogP contribution in [0.25, 0.3) is 21.8 Å². The Hall–Kier alpha value is -2.00. The van der Waals surface area contributed by atoms with E-state index in [1.54, 1.807) is 0 Å². The lowest BCUT2D eigenvalue weighted by atomic mass is 10.1. The van der Waals surface area contributed by atoms with Gasteiger partial charge in [-0.05, 0) is 25.1 Å². The second-order valence-corrected chi connectivity index (χ2v) is 4.65. The first-order valence-electron chi connectivity index (χ1n) is 6.71. The van der Waals surface area contributed by atoms with Crippen LogP contribution >= 0.6 is 0 Å². The van der Waals surface area contributed by atoms with Gasteiger partial charge in [-0.2, -0.15) is 0 Å². The van der Waals surface area contributed by atoms with Crippen LogP contribution in [0.5, 0.6) is 0 Å². The molecule has 0 atom stereocenters. The summed E-state index contributed by atoms with van der Waals surface area (Å²) in [5.74, 6) is 0. The zero-order valence-corrected chi connectivity index (χ0v) is 11.1. The lowest BCUT2D eigenvalue weighted by Crippen LogP contribution is -2.02. The molecule has 0 unspecified atom stereocenters. The Bertz CT molecular complexity index is 715. The molecular formula is C16H18N2O. The molecule has 2 N–H and O–H groups in total. The number of fused-ring (bicyclic) bond motifs is 3. The third kappa shape index (κ3) is 1.96. The van der Waals surface area contributed by atoms with Crippen LogP contribution in [0, 0.1) is 0 Å². The molecule has 1 aromatic heterocycles. The summed E-state index contributed by atoms with van der Waals surface area (Å²) in [5, 5.41) is 15.1. The predicted molar refractivity (Wildman–Crippen MR) is 80.7 cm³/mol. The molecule has 0 amide bonds. The van der Waals surface area contributed by atoms with Gasteiger partial charge in [0.05, 0.1) is 12.1 Å². The van der Waals surface area contributed by atoms with E-state index in [4.69, 9.17) is 0 Å². The Morgan fingerprint density at radius 1 is 1.05 bits per heavy atom. The van der Waals surface area contributed by atoms with Crippen molar-refractivity contribution >= 4 is 27.5 Å². The van der Waals surface area contributed by atoms with Crippen molar-refractivity contribution in [1.29, 1.82) is 0 Å². The van der Waals surface area contributed by atoms with Gasteiger partial charge in [-0.1, -0.05) is 24.3 Å². The number of hydrogen-bond acceptors (Lipinski definition) is 2. The highest BCUT2D eigenvalue weighted by Crippen LogP contribution is 2.30. The highest BCUT2D eigenvalue weighted by molar-refractivity contribution is 6.08. The van der Waals surface area contributed by atoms with E-state index in [2.05, 4.69) is 53.2 Å². The first-order chi connectivity index (χ1) is 9.35. The van der Waals surface area contributed by atoms with E-state index in [-0.39, 0.29) is 6.61 Å². The highest BCUT2D eigenvalue weighted by atomic mass is 16.3. The van der Waals surface area contributed by atoms with Crippen LogP contribution in [-0.2, 0) is 6.54 Å². The van der Waals surface area contributed by atoms with Gasteiger partial charge in [0.2, 0.25) is 0 Å². The van der Waals surface area contributed by atoms with Crippen LogP contribution in [0.2, 0.25) is 0 Å². The van der Waals surface area contributed by atoms with Crippen LogP contribution in [0.3, 0.4) is 0 Å². The minimum Gasteiger partial charge on any atom is -0.395 e. The molecule has 0 saturated carbocycles. The molecule has 3 heteroatoms. The van der Waals surface area contributed by atoms with E-state index in [1.807, 2.05) is 6.07 Å². The topological polar surface area (TPSA) is 37.2 Å². The number of aliphatic hydroxyl groups excluding tert-OH is 1. The second kappa shape index (κ2) is 4.94. The van der Waals surface area contributed by atoms with Crippen LogP contribution in [-0.4, -0.2) is 22.8 Å². The average Bonchev–Trinajstić information content (AvgIpc) is 2.74. The molecule has 3 nitrogen and oxygen atoms in total. The Morgan fingerprint density at radius 3 is 2.63 bits per heavy atom. The first kappa shape index (κ1) is 12.1. The summed E-state index contributed by atoms with van der Waals surface area (Å²) in [6.07, 6.45) is 0. The molecule has 0 fully saturated rings. The Morgan fingerprint density at radius 2 is 1.84 bits per heavy atom. The summed E-state index contributed by atoms with van der Waals surface area (Å²) in [6, 6.07) is 14.8. The molecule has 0 aliphatic rings. The Labute approximate surface area is 112 Å². The van der Waals surface area contributed by atoms with Gasteiger partial charge in [0.1, 0.15) is 0 Å². The number of aromatic nitrogens is 1. The fraction of sp³-hybridized carbons (Fsp3) is 0.250. The number of anilines is 1. The van der Waals surface area contributed by atoms with E-state index in [0.29, 0.717) is 6.54 Å². The van der Waals surface area contributed by atoms with E-state index in [0.717, 1.165) is 12.2 Å². The van der Waals surface area contributed by atoms with Gasteiger partial charge in [0.15, 0.2) is 0 Å². The van der Waals surface area contributed by atoms with Gasteiger partial charge in [-0.15, -0.1) is 0 Å². The Kier molecular flexibility index (Phi) is 3.13. The molecular weight excluding hydrogens is 236 g/mol. The normalized spacial score (nSPS) is 11.3. The van der Waals surface area contributed by atoms with Crippen molar-refractivity contribution in [3.05, 3.63) is 42.5 Å². The van der Waals surface area contributed by atoms with Gasteiger partial charge in [-0.25, -0.2) is 0 Å². The third-order valence-corrected chi connectivity index (χ3v) is 3.48. The summed E-state index contributed by atoms with van der Waals surface area (Å²) in [5.41, 5.74) is 3.48. The summed E-state index contributed by atoms with van der Waals surface area (Å²) in [7, 11) is 0. The van der Waals surface area contributed by atoms with Crippen LogP contribution in [0.4, 0.5) is 5.69 Å². The standard InChI is InChI=1S/C16H18N2O/c1-2-17-12-7-8-14-13-5-3-4-6-15(13)18(9-10-19)16(14)11-12/h3-8,11,17,19H,2,9-10H2,1H3. The predicted octanol–water partition coefficient (Wildman–Crippen LogP) is 3.22. The molecule has 3 aromatic rings. The van der Waals surface area contributed by atoms with Crippen molar-refractivity contribution in [2.24, 2.45) is 0 Å². The number of nitrogens with zero attached hydrogens (tertiary/aromatic N) is 1. The molecule has 1 heterocycles. The van der Waals surface area contributed by atoms with Crippen LogP contribution in [0.1, 0.15) is 6.92 Å². The molecule has 0 bridgehead atoms. The molecule has 3 rings (SSSR count). The van der Waals surface area contributed by atoms with Crippen LogP contribution < -0.4 is 5.32 Å². The fourth-order valence-corrected chi connectivity index (χ4v) is 2.70. The van der Waals surface area contributed by atoms with E-state index in [1.165, 1.54) is 21.8 Å². The zero-order chi connectivity index (χ0) is 13.2. The van der Waals surface area contributed by atoms with Gasteiger partial charge < -0.3 is 15.0 Å². The number of hydrogen-bond donors (Lipinski definition) is 2. The summed E-state index contributed by atoms with van der Waals surface area (Å²) in [4.78, 5) is 0. The van der Waals surface area contributed by atoms with Gasteiger partial charge in [-0.3, -0.25) is 0 Å². The lowest BCUT2D eigenvalue weighted by molar-refractivity contribution is 0.280. The molecule has 2 aromatic carbocycles. The lowest BCUT2D eigenvalue weighted by Gasteiger charge is -2.07. The minimum atomic E-state index is 0.152. The van der Waals surface area contributed by atoms with Gasteiger partial charge in [0.25, 0.3) is 0 Å². The molecule has 0 aliphatic heterocycles. The largest absolute Gasteiger partial charge is 0.395 e. The Balaban J connectivity index is 2.32. The van der Waals surface area contributed by atoms with Gasteiger partial charge in [0, 0.05) is 35.1 Å². The maximum atomic E-state index is 9.29. The third-order valence-electron chi connectivity index (χ3n) is 3.48. The van der Waals surface area contributed by atoms with Crippen molar-refractivity contribution in [3.63, 3.8) is 0 Å². The molecule has 19 heavy (non-hydrogen) atoms. The number of aliphatic hydroxyl groups is 1. The molecule has 0 saturated heterocycles. The van der Waals surface area contributed by atoms with E-state index in [9.17, 15) is 5.11 Å². The van der Waals surface area contributed by atoms with Crippen molar-refractivity contribution in [1.82, 2.24) is 4.57 Å². The average molecular weight is 254 g/mol. The maximum Gasteiger partial charge on any atom is 0.0610 e. The SMILES string of the molecule is CCNc1ccc2c3ccccc3n(CCO)c2c1. The number of rotatable bonds is 4. The van der Waals surface area contributed by atoms with Crippen molar-refractivity contribution < 1.29 is 5.11 Å². The first-order valence-corrected chi connectivity index (χ1v) is 6.71. The highest BCUT2D eigenvalue weighted by Gasteiger charge is 2.09. The second-order valence-electron chi connectivity index (χ2n) is 4.65. The van der Waals surface area contributed by atoms with Crippen LogP contribution in [0.15, 0.2) is 42.5 Å². The van der Waals surface area contributed by atoms with E-state index < -0.39 is 0 Å². The summed E-state index contributed by atoms with van der Waals surface area (Å²) in [6.45, 7) is 3.78. The number of benzene rings is 2. The fourth-order valence-electron chi connectivity index (χ4n) is 2.70. The van der Waals surface area contributed by atoms with Crippen molar-refractivity contribution in [2.75, 3.05) is 18.5 Å². The zero-order valence-electron chi connectivity index (χ0n) is 11.1. The molecule has 0 radical (unpaired) electrons. The number of para-hydroxylation sites is 1. The smallest absolute Gasteiger partial charge is 0.0610 e. The van der Waals surface area contributed by atoms with Gasteiger partial charge >= 0.3 is 0 Å². The molecule has 98 valence electrons. The van der Waals surface area contributed by atoms with E-state index >= 15 is 0 Å².